The van der Waals surface area contributed by atoms with Crippen LogP contribution in [-0.4, -0.2) is 13.7 Å². The number of hydrogen-bond acceptors (Lipinski definition) is 3. The maximum absolute atomic E-state index is 2.47. The lowest BCUT2D eigenvalue weighted by Gasteiger charge is -2.33. The summed E-state index contributed by atoms with van der Waals surface area (Å²) in [5.41, 5.74) is 26.4. The molecule has 0 aliphatic rings. The lowest BCUT2D eigenvalue weighted by molar-refractivity contribution is 1.18. The second kappa shape index (κ2) is 26.7. The summed E-state index contributed by atoms with van der Waals surface area (Å²) >= 11 is 0. The van der Waals surface area contributed by atoms with Crippen molar-refractivity contribution in [2.45, 2.75) is 0 Å². The van der Waals surface area contributed by atoms with E-state index in [1.165, 1.54) is 65.4 Å². The summed E-state index contributed by atoms with van der Waals surface area (Å²) in [6, 6.07) is 156. The van der Waals surface area contributed by atoms with Crippen LogP contribution in [-0.2, 0) is 0 Å². The molecule has 0 saturated carbocycles. The van der Waals surface area contributed by atoms with Crippen LogP contribution in [0.25, 0.3) is 137 Å². The Kier molecular flexibility index (Phi) is 15.5. The first-order valence-corrected chi connectivity index (χ1v) is 37.7. The minimum Gasteiger partial charge on any atom is -0.310 e. The summed E-state index contributed by atoms with van der Waals surface area (Å²) in [7, 11) is 0. The smallest absolute Gasteiger partial charge is 0.0541 e. The third kappa shape index (κ3) is 11.0. The molecule has 0 saturated heterocycles. The van der Waals surface area contributed by atoms with Gasteiger partial charge in [-0.25, -0.2) is 0 Å². The monoisotopic (exact) mass is 1400 g/mol. The van der Waals surface area contributed by atoms with Gasteiger partial charge in [0.15, 0.2) is 0 Å². The number of nitrogens with zero attached hydrogens (tertiary/aromatic N) is 6. The Labute approximate surface area is 637 Å². The van der Waals surface area contributed by atoms with Crippen LogP contribution >= 0.6 is 0 Å². The van der Waals surface area contributed by atoms with E-state index in [0.717, 1.165) is 123 Å². The summed E-state index contributed by atoms with van der Waals surface area (Å²) in [5, 5.41) is 12.1. The van der Waals surface area contributed by atoms with Gasteiger partial charge in [-0.05, 0) is 196 Å². The summed E-state index contributed by atoms with van der Waals surface area (Å²) in [6.45, 7) is 0. The molecule has 0 spiro atoms. The Balaban J connectivity index is 0.724. The van der Waals surface area contributed by atoms with E-state index in [1.807, 2.05) is 0 Å². The molecule has 0 bridgehead atoms. The highest BCUT2D eigenvalue weighted by atomic mass is 15.2. The maximum atomic E-state index is 2.47. The first kappa shape index (κ1) is 63.7. The van der Waals surface area contributed by atoms with Crippen molar-refractivity contribution in [2.75, 3.05) is 14.7 Å². The van der Waals surface area contributed by atoms with Gasteiger partial charge in [-0.3, -0.25) is 0 Å². The van der Waals surface area contributed by atoms with E-state index in [-0.39, 0.29) is 0 Å². The van der Waals surface area contributed by atoms with E-state index in [9.17, 15) is 0 Å². The fourth-order valence-corrected chi connectivity index (χ4v) is 17.1. The highest BCUT2D eigenvalue weighted by molar-refractivity contribution is 6.12. The lowest BCUT2D eigenvalue weighted by Crippen LogP contribution is -2.16. The molecule has 0 radical (unpaired) electrons. The number of anilines is 9. The number of rotatable bonds is 15. The molecule has 0 aliphatic carbocycles. The van der Waals surface area contributed by atoms with E-state index in [0.29, 0.717) is 0 Å². The first-order valence-electron chi connectivity index (χ1n) is 37.7. The highest BCUT2D eigenvalue weighted by Gasteiger charge is 2.26. The van der Waals surface area contributed by atoms with Gasteiger partial charge in [-0.2, -0.15) is 0 Å². The van der Waals surface area contributed by atoms with Gasteiger partial charge in [0.25, 0.3) is 0 Å². The van der Waals surface area contributed by atoms with Crippen molar-refractivity contribution in [2.24, 2.45) is 0 Å². The molecule has 3 aromatic heterocycles. The van der Waals surface area contributed by atoms with Crippen molar-refractivity contribution in [3.63, 3.8) is 0 Å². The second-order valence-corrected chi connectivity index (χ2v) is 28.4. The van der Waals surface area contributed by atoms with Crippen LogP contribution in [0.5, 0.6) is 0 Å². The second-order valence-electron chi connectivity index (χ2n) is 28.4. The normalized spacial score (nSPS) is 11.6. The fourth-order valence-electron chi connectivity index (χ4n) is 17.1. The van der Waals surface area contributed by atoms with Gasteiger partial charge in [0, 0.05) is 82.9 Å². The van der Waals surface area contributed by atoms with Gasteiger partial charge in [0.05, 0.1) is 61.5 Å². The van der Waals surface area contributed by atoms with Gasteiger partial charge >= 0.3 is 0 Å². The van der Waals surface area contributed by atoms with Gasteiger partial charge < -0.3 is 28.4 Å². The van der Waals surface area contributed by atoms with Crippen LogP contribution in [0.15, 0.2) is 425 Å². The molecule has 0 aliphatic heterocycles. The quantitative estimate of drug-likeness (QED) is 0.102. The summed E-state index contributed by atoms with van der Waals surface area (Å²) in [5.74, 6) is 0. The largest absolute Gasteiger partial charge is 0.310 e. The molecular weight excluding hydrogens is 1330 g/mol. The zero-order chi connectivity index (χ0) is 72.6. The number of hydrogen-bond donors (Lipinski definition) is 0. The first-order chi connectivity index (χ1) is 54.6. The SMILES string of the molecule is c1ccc(N(c2ccc(-c3ccc(-n4c5ccccc5c5ccccc54)cc3)cc2)c2cc(N(c3ccc(-c4ccc(-n5c6ccccc6c6ccccc65)cc4)cc3)c3cccc4ccccc34)cc(N(c3ccc(-c4ccc(-n5c6ccccc6c6ccccc65)cc4)cc3)c3cccc4ccccc34)c2)cc1. The van der Waals surface area contributed by atoms with E-state index in [2.05, 4.69) is 453 Å². The van der Waals surface area contributed by atoms with Crippen LogP contribution in [0.1, 0.15) is 0 Å². The van der Waals surface area contributed by atoms with E-state index in [1.54, 1.807) is 0 Å². The molecule has 6 heteroatoms. The zero-order valence-electron chi connectivity index (χ0n) is 60.1. The summed E-state index contributed by atoms with van der Waals surface area (Å²) < 4.78 is 7.15. The average molecular weight is 1400 g/mol. The zero-order valence-corrected chi connectivity index (χ0v) is 60.1. The van der Waals surface area contributed by atoms with Crippen molar-refractivity contribution < 1.29 is 0 Å². The van der Waals surface area contributed by atoms with E-state index >= 15 is 0 Å². The van der Waals surface area contributed by atoms with E-state index < -0.39 is 0 Å². The van der Waals surface area contributed by atoms with Crippen LogP contribution < -0.4 is 14.7 Å². The number of para-hydroxylation sites is 7. The number of benzene rings is 18. The third-order valence-corrected chi connectivity index (χ3v) is 22.2. The Morgan fingerprint density at radius 3 is 0.664 bits per heavy atom. The van der Waals surface area contributed by atoms with Crippen molar-refractivity contribution >= 4 is 138 Å². The molecule has 3 heterocycles. The Bertz CT molecular complexity index is 6580. The predicted molar refractivity (Wildman–Crippen MR) is 465 cm³/mol. The van der Waals surface area contributed by atoms with Gasteiger partial charge in [-0.15, -0.1) is 0 Å². The fraction of sp³-hybridized carbons (Fsp3) is 0. The molecule has 0 atom stereocenters. The average Bonchev–Trinajstić information content (AvgIpc) is 1.65. The molecule has 0 N–H and O–H groups in total. The van der Waals surface area contributed by atoms with Gasteiger partial charge in [-0.1, -0.05) is 273 Å². The topological polar surface area (TPSA) is 24.5 Å². The minimum absolute atomic E-state index is 0.974. The minimum atomic E-state index is 0.974. The molecule has 21 rings (SSSR count). The summed E-state index contributed by atoms with van der Waals surface area (Å²) in [4.78, 5) is 7.35. The molecule has 18 aromatic carbocycles. The number of aromatic nitrogens is 3. The number of fused-ring (bicyclic) bond motifs is 11. The highest BCUT2D eigenvalue weighted by Crippen LogP contribution is 2.50. The molecule has 0 unspecified atom stereocenters. The molecule has 516 valence electrons. The van der Waals surface area contributed by atoms with E-state index in [4.69, 9.17) is 0 Å². The van der Waals surface area contributed by atoms with Crippen LogP contribution in [0.3, 0.4) is 0 Å². The van der Waals surface area contributed by atoms with Crippen molar-refractivity contribution in [1.82, 2.24) is 13.7 Å². The van der Waals surface area contributed by atoms with Crippen LogP contribution in [0.4, 0.5) is 51.2 Å². The molecule has 0 amide bonds. The molecule has 110 heavy (non-hydrogen) atoms. The molecule has 21 aromatic rings. The Morgan fingerprint density at radius 2 is 0.364 bits per heavy atom. The van der Waals surface area contributed by atoms with Gasteiger partial charge in [0.2, 0.25) is 0 Å². The standard InChI is InChI=1S/C104H70N6/c1-2-26-79(27-3-1)105(80-56-44-71(45-57-80)74-50-62-83(63-51-74)108-99-36-14-8-30-91(99)92-31-9-15-37-100(92)108)86-68-87(106(97-42-20-24-77-22-4-6-28-89(77)97)81-58-46-72(47-59-81)75-52-64-84(65-53-75)109-101-38-16-10-32-93(101)94-33-11-17-39-102(94)109)70-88(69-86)107(98-43-21-25-78-23-5-7-29-90(78)98)82-60-48-73(49-61-82)76-54-66-85(67-55-76)110-103-40-18-12-34-95(103)96-35-13-19-41-104(96)110/h1-70H. The Morgan fingerprint density at radius 1 is 0.145 bits per heavy atom. The van der Waals surface area contributed by atoms with Crippen molar-refractivity contribution in [3.05, 3.63) is 425 Å². The Hall–Kier alpha value is -14.7. The van der Waals surface area contributed by atoms with Crippen LogP contribution in [0, 0.1) is 0 Å². The summed E-state index contributed by atoms with van der Waals surface area (Å²) in [6.07, 6.45) is 0. The molecule has 6 nitrogen and oxygen atoms in total. The molecule has 0 fully saturated rings. The van der Waals surface area contributed by atoms with Crippen LogP contribution in [0.2, 0.25) is 0 Å². The van der Waals surface area contributed by atoms with Gasteiger partial charge in [0.1, 0.15) is 0 Å². The maximum Gasteiger partial charge on any atom is 0.0541 e. The third-order valence-electron chi connectivity index (χ3n) is 22.2. The lowest BCUT2D eigenvalue weighted by atomic mass is 10.0. The molecular formula is C104H70N6. The van der Waals surface area contributed by atoms with Crippen molar-refractivity contribution in [1.29, 1.82) is 0 Å². The van der Waals surface area contributed by atoms with Crippen molar-refractivity contribution in [3.8, 4) is 50.4 Å². The predicted octanol–water partition coefficient (Wildman–Crippen LogP) is 28.7.